The Kier molecular flexibility index (Phi) is 7.63. The van der Waals surface area contributed by atoms with Crippen LogP contribution in [-0.2, 0) is 12.8 Å². The van der Waals surface area contributed by atoms with Crippen molar-refractivity contribution in [3.05, 3.63) is 114 Å². The number of aromatic nitrogens is 1. The van der Waals surface area contributed by atoms with Gasteiger partial charge in [-0.3, -0.25) is 0 Å². The highest BCUT2D eigenvalue weighted by molar-refractivity contribution is 6.09. The Hall–Kier alpha value is -3.32. The minimum absolute atomic E-state index is 1.18. The van der Waals surface area contributed by atoms with Crippen LogP contribution in [0.15, 0.2) is 97.1 Å². The van der Waals surface area contributed by atoms with E-state index in [9.17, 15) is 0 Å². The predicted molar refractivity (Wildman–Crippen MR) is 152 cm³/mol. The number of nitrogens with zero attached hydrogens (tertiary/aromatic N) is 1. The molecule has 178 valence electrons. The summed E-state index contributed by atoms with van der Waals surface area (Å²) in [5.41, 5.74) is 8.13. The first-order valence-corrected chi connectivity index (χ1v) is 13.4. The number of aryl methyl sites for hydroxylation is 3. The van der Waals surface area contributed by atoms with Gasteiger partial charge in [-0.1, -0.05) is 110 Å². The number of rotatable bonds is 11. The molecule has 0 amide bonds. The molecule has 5 rings (SSSR count). The molecule has 0 fully saturated rings. The van der Waals surface area contributed by atoms with E-state index in [-0.39, 0.29) is 0 Å². The van der Waals surface area contributed by atoms with Gasteiger partial charge in [-0.05, 0) is 68.0 Å². The molecule has 5 aromatic rings. The van der Waals surface area contributed by atoms with Crippen LogP contribution in [-0.4, -0.2) is 4.57 Å². The summed E-state index contributed by atoms with van der Waals surface area (Å²) in [5.74, 6) is 0. The zero-order valence-electron chi connectivity index (χ0n) is 21.0. The van der Waals surface area contributed by atoms with Gasteiger partial charge in [-0.25, -0.2) is 0 Å². The largest absolute Gasteiger partial charge is 0.309 e. The Morgan fingerprint density at radius 2 is 1.03 bits per heavy atom. The second-order valence-electron chi connectivity index (χ2n) is 10.0. The topological polar surface area (TPSA) is 4.93 Å². The molecule has 0 bridgehead atoms. The fourth-order valence-electron chi connectivity index (χ4n) is 5.42. The van der Waals surface area contributed by atoms with Crippen LogP contribution < -0.4 is 0 Å². The number of para-hydroxylation sites is 2. The lowest BCUT2D eigenvalue weighted by Crippen LogP contribution is -1.94. The van der Waals surface area contributed by atoms with Gasteiger partial charge in [-0.2, -0.15) is 0 Å². The molecule has 0 aliphatic heterocycles. The summed E-state index contributed by atoms with van der Waals surface area (Å²) in [6.07, 6.45) is 11.8. The lowest BCUT2D eigenvalue weighted by Gasteiger charge is -2.09. The Balaban J connectivity index is 1.07. The molecule has 35 heavy (non-hydrogen) atoms. The molecule has 0 radical (unpaired) electrons. The van der Waals surface area contributed by atoms with E-state index in [0.717, 1.165) is 0 Å². The predicted octanol–water partition coefficient (Wildman–Crippen LogP) is 9.61. The van der Waals surface area contributed by atoms with Crippen LogP contribution in [0.1, 0.15) is 61.6 Å². The minimum atomic E-state index is 1.18. The van der Waals surface area contributed by atoms with Crippen LogP contribution in [0.5, 0.6) is 0 Å². The average Bonchev–Trinajstić information content (AvgIpc) is 3.23. The highest BCUT2D eigenvalue weighted by atomic mass is 15.0. The lowest BCUT2D eigenvalue weighted by molar-refractivity contribution is 0.579. The summed E-state index contributed by atoms with van der Waals surface area (Å²) in [6, 6.07) is 35.6. The van der Waals surface area contributed by atoms with Crippen LogP contribution in [0, 0.1) is 6.92 Å². The van der Waals surface area contributed by atoms with Crippen molar-refractivity contribution in [3.63, 3.8) is 0 Å². The first-order valence-electron chi connectivity index (χ1n) is 13.4. The number of fused-ring (bicyclic) bond motifs is 3. The van der Waals surface area contributed by atoms with E-state index in [1.807, 2.05) is 0 Å². The van der Waals surface area contributed by atoms with Gasteiger partial charge in [-0.15, -0.1) is 0 Å². The number of hydrogen-bond acceptors (Lipinski definition) is 0. The van der Waals surface area contributed by atoms with Gasteiger partial charge in [0, 0.05) is 16.5 Å². The Morgan fingerprint density at radius 3 is 1.63 bits per heavy atom. The highest BCUT2D eigenvalue weighted by Crippen LogP contribution is 2.31. The molecule has 0 saturated carbocycles. The maximum atomic E-state index is 2.40. The molecule has 0 atom stereocenters. The maximum absolute atomic E-state index is 2.40. The van der Waals surface area contributed by atoms with Crippen LogP contribution in [0.2, 0.25) is 0 Å². The standard InChI is InChI=1S/C34H37N/c1-27-14-13-17-29(26-27)16-8-6-4-2-3-5-7-15-28-22-24-30(25-23-28)35-33-20-11-9-18-31(33)32-19-10-12-21-34(32)35/h9-14,17-26H,2-8,15-16H2,1H3. The average molecular weight is 460 g/mol. The normalized spacial score (nSPS) is 11.5. The molecule has 4 aromatic carbocycles. The van der Waals surface area contributed by atoms with Crippen molar-refractivity contribution >= 4 is 21.8 Å². The van der Waals surface area contributed by atoms with E-state index in [2.05, 4.69) is 109 Å². The van der Waals surface area contributed by atoms with E-state index in [4.69, 9.17) is 0 Å². The molecule has 0 saturated heterocycles. The molecule has 0 N–H and O–H groups in total. The second-order valence-corrected chi connectivity index (χ2v) is 10.0. The molecule has 1 heterocycles. The molecule has 1 aromatic heterocycles. The van der Waals surface area contributed by atoms with Crippen LogP contribution in [0.4, 0.5) is 0 Å². The van der Waals surface area contributed by atoms with Gasteiger partial charge < -0.3 is 4.57 Å². The van der Waals surface area contributed by atoms with E-state index in [1.54, 1.807) is 0 Å². The molecule has 0 aliphatic rings. The first-order chi connectivity index (χ1) is 17.3. The second kappa shape index (κ2) is 11.4. The Labute approximate surface area is 210 Å². The third-order valence-electron chi connectivity index (χ3n) is 7.29. The van der Waals surface area contributed by atoms with Crippen LogP contribution >= 0.6 is 0 Å². The van der Waals surface area contributed by atoms with Crippen molar-refractivity contribution in [2.75, 3.05) is 0 Å². The number of unbranched alkanes of at least 4 members (excludes halogenated alkanes) is 6. The molecule has 0 unspecified atom stereocenters. The molecule has 1 heteroatoms. The van der Waals surface area contributed by atoms with Crippen molar-refractivity contribution in [2.45, 2.75) is 64.7 Å². The summed E-state index contributed by atoms with van der Waals surface area (Å²) in [6.45, 7) is 2.18. The fourth-order valence-corrected chi connectivity index (χ4v) is 5.42. The van der Waals surface area contributed by atoms with Gasteiger partial charge in [0.25, 0.3) is 0 Å². The quantitative estimate of drug-likeness (QED) is 0.173. The highest BCUT2D eigenvalue weighted by Gasteiger charge is 2.11. The summed E-state index contributed by atoms with van der Waals surface area (Å²) in [5, 5.41) is 2.64. The van der Waals surface area contributed by atoms with Gasteiger partial charge in [0.1, 0.15) is 0 Å². The van der Waals surface area contributed by atoms with Crippen molar-refractivity contribution in [2.24, 2.45) is 0 Å². The summed E-state index contributed by atoms with van der Waals surface area (Å²) in [4.78, 5) is 0. The van der Waals surface area contributed by atoms with Crippen molar-refractivity contribution in [1.82, 2.24) is 4.57 Å². The van der Waals surface area contributed by atoms with Gasteiger partial charge in [0.2, 0.25) is 0 Å². The summed E-state index contributed by atoms with van der Waals surface area (Å²) < 4.78 is 2.40. The summed E-state index contributed by atoms with van der Waals surface area (Å²) >= 11 is 0. The summed E-state index contributed by atoms with van der Waals surface area (Å²) in [7, 11) is 0. The lowest BCUT2D eigenvalue weighted by atomic mass is 10.0. The Morgan fingerprint density at radius 1 is 0.486 bits per heavy atom. The SMILES string of the molecule is Cc1cccc(CCCCCCCCCc2ccc(-n3c4ccccc4c4ccccc43)cc2)c1. The third kappa shape index (κ3) is 5.68. The van der Waals surface area contributed by atoms with Gasteiger partial charge in [0.15, 0.2) is 0 Å². The van der Waals surface area contributed by atoms with Crippen molar-refractivity contribution < 1.29 is 0 Å². The van der Waals surface area contributed by atoms with E-state index in [0.29, 0.717) is 0 Å². The van der Waals surface area contributed by atoms with E-state index < -0.39 is 0 Å². The van der Waals surface area contributed by atoms with Gasteiger partial charge >= 0.3 is 0 Å². The van der Waals surface area contributed by atoms with Crippen molar-refractivity contribution in [3.8, 4) is 5.69 Å². The Bertz CT molecular complexity index is 1320. The maximum Gasteiger partial charge on any atom is 0.0541 e. The zero-order chi connectivity index (χ0) is 23.9. The first kappa shape index (κ1) is 23.4. The monoisotopic (exact) mass is 459 g/mol. The molecule has 0 aliphatic carbocycles. The number of hydrogen-bond donors (Lipinski definition) is 0. The zero-order valence-corrected chi connectivity index (χ0v) is 21.0. The molecule has 1 nitrogen and oxygen atoms in total. The molecule has 0 spiro atoms. The van der Waals surface area contributed by atoms with Gasteiger partial charge in [0.05, 0.1) is 11.0 Å². The van der Waals surface area contributed by atoms with Crippen molar-refractivity contribution in [1.29, 1.82) is 0 Å². The van der Waals surface area contributed by atoms with Crippen LogP contribution in [0.25, 0.3) is 27.5 Å². The van der Waals surface area contributed by atoms with E-state index in [1.165, 1.54) is 102 Å². The molecular weight excluding hydrogens is 422 g/mol. The fraction of sp³-hybridized carbons (Fsp3) is 0.294. The van der Waals surface area contributed by atoms with E-state index >= 15 is 0 Å². The molecular formula is C34H37N. The smallest absolute Gasteiger partial charge is 0.0541 e. The minimum Gasteiger partial charge on any atom is -0.309 e. The third-order valence-corrected chi connectivity index (χ3v) is 7.29. The van der Waals surface area contributed by atoms with Crippen LogP contribution in [0.3, 0.4) is 0 Å². The number of benzene rings is 4.